The third-order valence-corrected chi connectivity index (χ3v) is 9.17. The van der Waals surface area contributed by atoms with E-state index in [-0.39, 0.29) is 40.5 Å². The number of nitrogens with zero attached hydrogens (tertiary/aromatic N) is 6. The lowest BCUT2D eigenvalue weighted by atomic mass is 9.89. The normalized spacial score (nSPS) is 23.2. The maximum Gasteiger partial charge on any atom is 0.300 e. The van der Waals surface area contributed by atoms with Gasteiger partial charge in [0.2, 0.25) is 29.1 Å². The summed E-state index contributed by atoms with van der Waals surface area (Å²) in [5, 5.41) is 18.7. The average molecular weight is 569 g/mol. The zero-order valence-electron chi connectivity index (χ0n) is 19.7. The Hall–Kier alpha value is -3.38. The second-order valence-electron chi connectivity index (χ2n) is 8.19. The topological polar surface area (TPSA) is 232 Å². The molecule has 0 bridgehead atoms. The van der Waals surface area contributed by atoms with Gasteiger partial charge in [-0.2, -0.15) is 9.36 Å². The van der Waals surface area contributed by atoms with E-state index < -0.39 is 34.6 Å². The average Bonchev–Trinajstić information content (AvgIpc) is 3.29. The first-order valence-electron chi connectivity index (χ1n) is 10.8. The number of nitrogens with one attached hydrogen (secondary N) is 1. The highest BCUT2D eigenvalue weighted by Gasteiger charge is 2.56. The molecule has 0 saturated carbocycles. The number of hydrogen-bond donors (Lipinski definition) is 4. The molecule has 198 valence electrons. The van der Waals surface area contributed by atoms with E-state index in [1.807, 2.05) is 6.92 Å². The minimum absolute atomic E-state index is 0.0325. The largest absolute Gasteiger partial charge is 0.549 e. The molecule has 37 heavy (non-hydrogen) atoms. The van der Waals surface area contributed by atoms with E-state index in [0.29, 0.717) is 17.5 Å². The number of hydrogen-bond acceptors (Lipinski definition) is 15. The number of aliphatic carboxylic acids is 1. The number of rotatable bonds is 9. The lowest BCUT2D eigenvalue weighted by Crippen LogP contribution is -2.75. The van der Waals surface area contributed by atoms with Crippen LogP contribution in [0.25, 0.3) is 0 Å². The summed E-state index contributed by atoms with van der Waals surface area (Å²) in [7, 11) is 1.25. The van der Waals surface area contributed by atoms with Gasteiger partial charge in [0.05, 0.1) is 18.6 Å². The van der Waals surface area contributed by atoms with Gasteiger partial charge in [0.15, 0.2) is 5.13 Å². The summed E-state index contributed by atoms with van der Waals surface area (Å²) in [6, 6.07) is 0.638. The quantitative estimate of drug-likeness (QED) is 0.0601. The number of fused-ring (bicyclic) bond motifs is 1. The number of carbonyl (C=O) groups is 3. The van der Waals surface area contributed by atoms with E-state index in [4.69, 9.17) is 22.0 Å². The van der Waals surface area contributed by atoms with Crippen molar-refractivity contribution in [3.63, 3.8) is 0 Å². The summed E-state index contributed by atoms with van der Waals surface area (Å²) in [5.41, 5.74) is 15.8. The molecule has 4 rings (SSSR count). The van der Waals surface area contributed by atoms with Crippen molar-refractivity contribution in [3.8, 4) is 0 Å². The minimum atomic E-state index is -1.35. The van der Waals surface area contributed by atoms with Gasteiger partial charge in [0, 0.05) is 35.0 Å². The molecule has 0 spiro atoms. The molecule has 0 aliphatic carbocycles. The Labute approximate surface area is 223 Å². The lowest BCUT2D eigenvalue weighted by Gasteiger charge is -2.55. The number of aromatic nitrogens is 4. The molecular formula is C19H24N10O5S3. The molecule has 2 fully saturated rings. The van der Waals surface area contributed by atoms with Crippen molar-refractivity contribution in [2.24, 2.45) is 10.6 Å². The van der Waals surface area contributed by atoms with Crippen LogP contribution in [-0.2, 0) is 25.8 Å². The Balaban J connectivity index is 1.45. The van der Waals surface area contributed by atoms with Gasteiger partial charge in [-0.3, -0.25) is 9.59 Å². The highest BCUT2D eigenvalue weighted by atomic mass is 32.2. The van der Waals surface area contributed by atoms with E-state index in [9.17, 15) is 19.5 Å². The van der Waals surface area contributed by atoms with Crippen LogP contribution in [0.4, 0.5) is 16.8 Å². The van der Waals surface area contributed by atoms with Crippen molar-refractivity contribution in [2.45, 2.75) is 30.0 Å². The number of anilines is 3. The monoisotopic (exact) mass is 568 g/mol. The Morgan fingerprint density at radius 2 is 2.16 bits per heavy atom. The van der Waals surface area contributed by atoms with Gasteiger partial charge in [-0.05, 0) is 6.92 Å². The Morgan fingerprint density at radius 1 is 1.41 bits per heavy atom. The van der Waals surface area contributed by atoms with E-state index in [1.165, 1.54) is 41.6 Å². The van der Waals surface area contributed by atoms with Crippen molar-refractivity contribution in [3.05, 3.63) is 11.9 Å². The summed E-state index contributed by atoms with van der Waals surface area (Å²) in [6.07, 6.45) is 0. The fourth-order valence-electron chi connectivity index (χ4n) is 3.89. The second kappa shape index (κ2) is 10.5. The molecule has 2 aromatic heterocycles. The van der Waals surface area contributed by atoms with Gasteiger partial charge >= 0.3 is 5.16 Å². The molecule has 2 aromatic rings. The SMILES string of the molecule is CC[n+]1c(N)cc(N)nc1SCC1(C(=O)[O-])CS[C@@H]2C(NC(=O)C(=NOC)c3nsc(N)n3)C(=O)N2C1. The van der Waals surface area contributed by atoms with Crippen LogP contribution in [0.5, 0.6) is 0 Å². The molecule has 0 radical (unpaired) electrons. The highest BCUT2D eigenvalue weighted by molar-refractivity contribution is 8.00. The number of nitrogen functional groups attached to an aromatic ring is 3. The van der Waals surface area contributed by atoms with Crippen molar-refractivity contribution in [1.82, 2.24) is 24.6 Å². The molecule has 7 N–H and O–H groups in total. The highest BCUT2D eigenvalue weighted by Crippen LogP contribution is 2.43. The van der Waals surface area contributed by atoms with E-state index in [0.717, 1.165) is 11.5 Å². The maximum absolute atomic E-state index is 12.9. The lowest BCUT2D eigenvalue weighted by molar-refractivity contribution is -0.719. The fourth-order valence-corrected chi connectivity index (χ4v) is 7.26. The zero-order valence-corrected chi connectivity index (χ0v) is 22.2. The van der Waals surface area contributed by atoms with Gasteiger partial charge in [0.1, 0.15) is 18.5 Å². The summed E-state index contributed by atoms with van der Waals surface area (Å²) < 4.78 is 5.67. The predicted octanol–water partition coefficient (Wildman–Crippen LogP) is -2.73. The number of carbonyl (C=O) groups excluding carboxylic acids is 3. The van der Waals surface area contributed by atoms with Crippen molar-refractivity contribution in [1.29, 1.82) is 0 Å². The van der Waals surface area contributed by atoms with Crippen molar-refractivity contribution in [2.75, 3.05) is 42.4 Å². The summed E-state index contributed by atoms with van der Waals surface area (Å²) >= 11 is 3.30. The van der Waals surface area contributed by atoms with Crippen LogP contribution in [0.2, 0.25) is 0 Å². The van der Waals surface area contributed by atoms with E-state index >= 15 is 0 Å². The Morgan fingerprint density at radius 3 is 2.78 bits per heavy atom. The van der Waals surface area contributed by atoms with E-state index in [2.05, 4.69) is 24.8 Å². The molecule has 2 aliphatic heterocycles. The molecule has 4 heterocycles. The minimum Gasteiger partial charge on any atom is -0.549 e. The van der Waals surface area contributed by atoms with Gasteiger partial charge in [-0.15, -0.1) is 11.8 Å². The number of oxime groups is 1. The molecule has 2 unspecified atom stereocenters. The molecule has 3 atom stereocenters. The molecule has 2 amide bonds. The van der Waals surface area contributed by atoms with Crippen LogP contribution in [0.3, 0.4) is 0 Å². The molecule has 18 heteroatoms. The number of thioether (sulfide) groups is 2. The molecule has 0 aromatic carbocycles. The predicted molar refractivity (Wildman–Crippen MR) is 135 cm³/mol. The Bertz CT molecular complexity index is 1270. The summed E-state index contributed by atoms with van der Waals surface area (Å²) in [6.45, 7) is 2.31. The van der Waals surface area contributed by atoms with Crippen LogP contribution in [-0.4, -0.2) is 79.3 Å². The number of nitrogens with two attached hydrogens (primary N) is 3. The number of carboxylic acid groups (broad SMARTS) is 1. The van der Waals surface area contributed by atoms with Crippen LogP contribution in [0.1, 0.15) is 12.7 Å². The van der Waals surface area contributed by atoms with E-state index in [1.54, 1.807) is 4.57 Å². The third-order valence-electron chi connectivity index (χ3n) is 5.77. The summed E-state index contributed by atoms with van der Waals surface area (Å²) in [4.78, 5) is 52.4. The van der Waals surface area contributed by atoms with Crippen LogP contribution >= 0.6 is 35.1 Å². The van der Waals surface area contributed by atoms with Crippen LogP contribution in [0, 0.1) is 5.41 Å². The van der Waals surface area contributed by atoms with Gasteiger partial charge in [-0.25, -0.2) is 4.57 Å². The van der Waals surface area contributed by atoms with Crippen molar-refractivity contribution < 1.29 is 28.9 Å². The van der Waals surface area contributed by atoms with Gasteiger partial charge < -0.3 is 42.2 Å². The maximum atomic E-state index is 12.9. The first kappa shape index (κ1) is 26.7. The Kier molecular flexibility index (Phi) is 7.60. The van der Waals surface area contributed by atoms with Crippen LogP contribution in [0.15, 0.2) is 16.4 Å². The van der Waals surface area contributed by atoms with Gasteiger partial charge in [0.25, 0.3) is 5.91 Å². The standard InChI is InChI=1S/C19H24N10O5S3/c1-3-28-9(21)4-8(20)23-18(28)36-7-19(16(32)33)5-29-14(31)11(15(29)35-6-19)24-13(30)10(26-34-2)12-25-17(22)37-27-12/h4,11,15H,3,5-7H2,1-2H3,(H7,20,21,22,24,25,27,30,32,33)/t11?,15-,19?/m1/s1. The molecule has 2 saturated heterocycles. The first-order valence-corrected chi connectivity index (χ1v) is 13.6. The molecular weight excluding hydrogens is 544 g/mol. The molecule has 2 aliphatic rings. The van der Waals surface area contributed by atoms with Crippen molar-refractivity contribution >= 4 is 75.3 Å². The number of carboxylic acids is 1. The molecule has 15 nitrogen and oxygen atoms in total. The number of amides is 2. The fraction of sp³-hybridized carbons (Fsp3) is 0.474. The third kappa shape index (κ3) is 5.08. The summed E-state index contributed by atoms with van der Waals surface area (Å²) in [5.74, 6) is -1.62. The second-order valence-corrected chi connectivity index (χ2v) is 11.0. The smallest absolute Gasteiger partial charge is 0.300 e. The van der Waals surface area contributed by atoms with Gasteiger partial charge in [-0.1, -0.05) is 21.9 Å². The number of β-lactam (4-membered cyclic amide) rings is 1. The first-order chi connectivity index (χ1) is 17.6. The van der Waals surface area contributed by atoms with Crippen LogP contribution < -0.4 is 32.2 Å². The zero-order chi connectivity index (χ0) is 26.9.